The van der Waals surface area contributed by atoms with E-state index in [0.29, 0.717) is 12.5 Å². The van der Waals surface area contributed by atoms with Gasteiger partial charge in [0.05, 0.1) is 12.6 Å². The number of benzene rings is 3. The van der Waals surface area contributed by atoms with E-state index in [1.54, 1.807) is 18.9 Å². The summed E-state index contributed by atoms with van der Waals surface area (Å²) in [5.41, 5.74) is 2.23. The summed E-state index contributed by atoms with van der Waals surface area (Å²) in [5.74, 6) is 3.80. The predicted octanol–water partition coefficient (Wildman–Crippen LogP) is 5.03. The van der Waals surface area contributed by atoms with Crippen LogP contribution >= 0.6 is 11.8 Å². The molecule has 4 rings (SSSR count). The Hall–Kier alpha value is -2.83. The summed E-state index contributed by atoms with van der Waals surface area (Å²) >= 11 is 1.69. The maximum atomic E-state index is 6.05. The van der Waals surface area contributed by atoms with E-state index in [4.69, 9.17) is 14.2 Å². The Labute approximate surface area is 174 Å². The maximum absolute atomic E-state index is 6.05. The molecule has 0 aliphatic heterocycles. The van der Waals surface area contributed by atoms with Crippen LogP contribution in [-0.4, -0.2) is 37.1 Å². The number of nitrogens with one attached hydrogen (secondary N) is 2. The Balaban J connectivity index is 1.21. The van der Waals surface area contributed by atoms with Crippen molar-refractivity contribution in [1.29, 1.82) is 0 Å². The summed E-state index contributed by atoms with van der Waals surface area (Å²) in [5, 5.41) is 5.68. The van der Waals surface area contributed by atoms with Gasteiger partial charge in [0.1, 0.15) is 18.3 Å². The third-order valence-corrected chi connectivity index (χ3v) is 5.29. The molecule has 150 valence electrons. The SMILES string of the molecule is COc1ccccc1OCCNCSCOc1cccc2[nH]c3ccccc3c12. The molecule has 1 heterocycles. The number of rotatable bonds is 10. The van der Waals surface area contributed by atoms with Crippen LogP contribution in [0.15, 0.2) is 66.7 Å². The van der Waals surface area contributed by atoms with Crippen molar-refractivity contribution >= 4 is 33.6 Å². The summed E-state index contributed by atoms with van der Waals surface area (Å²) in [6.07, 6.45) is 0. The Morgan fingerprint density at radius 1 is 0.828 bits per heavy atom. The molecule has 29 heavy (non-hydrogen) atoms. The molecule has 0 radical (unpaired) electrons. The first-order valence-electron chi connectivity index (χ1n) is 9.53. The van der Waals surface area contributed by atoms with Gasteiger partial charge in [-0.05, 0) is 30.3 Å². The lowest BCUT2D eigenvalue weighted by Gasteiger charge is -2.11. The molecule has 5 nitrogen and oxygen atoms in total. The van der Waals surface area contributed by atoms with E-state index >= 15 is 0 Å². The molecule has 3 aromatic carbocycles. The van der Waals surface area contributed by atoms with Crippen LogP contribution in [0.5, 0.6) is 17.2 Å². The first-order valence-corrected chi connectivity index (χ1v) is 10.7. The van der Waals surface area contributed by atoms with Crippen molar-refractivity contribution in [2.45, 2.75) is 0 Å². The van der Waals surface area contributed by atoms with Crippen LogP contribution in [-0.2, 0) is 0 Å². The van der Waals surface area contributed by atoms with Gasteiger partial charge in [0, 0.05) is 28.7 Å². The first-order chi connectivity index (χ1) is 14.4. The van der Waals surface area contributed by atoms with Crippen molar-refractivity contribution < 1.29 is 14.2 Å². The number of hydrogen-bond acceptors (Lipinski definition) is 5. The number of ether oxygens (including phenoxy) is 3. The maximum Gasteiger partial charge on any atom is 0.161 e. The number of aromatic nitrogens is 1. The molecule has 6 heteroatoms. The molecule has 0 fully saturated rings. The molecule has 0 aliphatic carbocycles. The highest BCUT2D eigenvalue weighted by Gasteiger charge is 2.09. The molecule has 2 N–H and O–H groups in total. The minimum atomic E-state index is 0.580. The number of hydrogen-bond donors (Lipinski definition) is 2. The van der Waals surface area contributed by atoms with Gasteiger partial charge in [0.15, 0.2) is 11.5 Å². The largest absolute Gasteiger partial charge is 0.493 e. The monoisotopic (exact) mass is 408 g/mol. The van der Waals surface area contributed by atoms with Gasteiger partial charge in [-0.2, -0.15) is 0 Å². The molecule has 0 unspecified atom stereocenters. The third kappa shape index (κ3) is 4.60. The number of H-pyrrole nitrogens is 1. The fourth-order valence-electron chi connectivity index (χ4n) is 3.25. The number of fused-ring (bicyclic) bond motifs is 3. The topological polar surface area (TPSA) is 55.5 Å². The van der Waals surface area contributed by atoms with E-state index in [1.165, 1.54) is 5.39 Å². The summed E-state index contributed by atoms with van der Waals surface area (Å²) in [7, 11) is 1.65. The van der Waals surface area contributed by atoms with Crippen LogP contribution in [0, 0.1) is 0 Å². The zero-order chi connectivity index (χ0) is 19.9. The second-order valence-electron chi connectivity index (χ2n) is 6.46. The molecule has 0 atom stereocenters. The van der Waals surface area contributed by atoms with E-state index in [9.17, 15) is 0 Å². The van der Waals surface area contributed by atoms with Crippen molar-refractivity contribution in [2.75, 3.05) is 32.1 Å². The van der Waals surface area contributed by atoms with Gasteiger partial charge in [-0.1, -0.05) is 36.4 Å². The second kappa shape index (κ2) is 9.58. The van der Waals surface area contributed by atoms with Gasteiger partial charge >= 0.3 is 0 Å². The Morgan fingerprint density at radius 3 is 2.48 bits per heavy atom. The van der Waals surface area contributed by atoms with Crippen molar-refractivity contribution in [2.24, 2.45) is 0 Å². The van der Waals surface area contributed by atoms with Gasteiger partial charge < -0.3 is 24.5 Å². The smallest absolute Gasteiger partial charge is 0.161 e. The Morgan fingerprint density at radius 2 is 1.59 bits per heavy atom. The van der Waals surface area contributed by atoms with Gasteiger partial charge in [-0.15, -0.1) is 11.8 Å². The second-order valence-corrected chi connectivity index (χ2v) is 7.39. The molecule has 0 saturated heterocycles. The predicted molar refractivity (Wildman–Crippen MR) is 120 cm³/mol. The van der Waals surface area contributed by atoms with E-state index < -0.39 is 0 Å². The minimum absolute atomic E-state index is 0.580. The normalized spacial score (nSPS) is 11.1. The van der Waals surface area contributed by atoms with Crippen LogP contribution in [0.2, 0.25) is 0 Å². The van der Waals surface area contributed by atoms with Crippen molar-refractivity contribution in [1.82, 2.24) is 10.3 Å². The number of thioether (sulfide) groups is 1. The fourth-order valence-corrected chi connectivity index (χ4v) is 3.83. The molecule has 0 spiro atoms. The zero-order valence-electron chi connectivity index (χ0n) is 16.3. The molecule has 0 bridgehead atoms. The summed E-state index contributed by atoms with van der Waals surface area (Å²) < 4.78 is 17.1. The molecule has 1 aromatic heterocycles. The summed E-state index contributed by atoms with van der Waals surface area (Å²) in [6, 6.07) is 22.1. The van der Waals surface area contributed by atoms with Gasteiger partial charge in [0.2, 0.25) is 0 Å². The quantitative estimate of drug-likeness (QED) is 0.285. The van der Waals surface area contributed by atoms with E-state index in [1.807, 2.05) is 42.5 Å². The van der Waals surface area contributed by atoms with Crippen LogP contribution in [0.25, 0.3) is 21.8 Å². The van der Waals surface area contributed by atoms with Crippen molar-refractivity contribution in [3.8, 4) is 17.2 Å². The van der Waals surface area contributed by atoms with Crippen LogP contribution in [0.3, 0.4) is 0 Å². The van der Waals surface area contributed by atoms with Gasteiger partial charge in [0.25, 0.3) is 0 Å². The summed E-state index contributed by atoms with van der Waals surface area (Å²) in [6.45, 7) is 1.33. The fraction of sp³-hybridized carbons (Fsp3) is 0.217. The first kappa shape index (κ1) is 19.5. The van der Waals surface area contributed by atoms with Crippen LogP contribution in [0.1, 0.15) is 0 Å². The molecule has 0 aliphatic rings. The standard InChI is InChI=1S/C23H24N2O3S/c1-26-20-10-4-5-11-21(20)27-14-13-24-15-29-16-28-22-12-6-9-19-23(22)17-7-2-3-8-18(17)25-19/h2-12,24-25H,13-16H2,1H3. The number of methoxy groups -OCH3 is 1. The number of aromatic amines is 1. The molecule has 0 saturated carbocycles. The highest BCUT2D eigenvalue weighted by atomic mass is 32.2. The third-order valence-electron chi connectivity index (χ3n) is 4.60. The molecule has 4 aromatic rings. The highest BCUT2D eigenvalue weighted by Crippen LogP contribution is 2.33. The van der Waals surface area contributed by atoms with Gasteiger partial charge in [-0.3, -0.25) is 0 Å². The zero-order valence-corrected chi connectivity index (χ0v) is 17.1. The molecule has 0 amide bonds. The van der Waals surface area contributed by atoms with Gasteiger partial charge in [-0.25, -0.2) is 0 Å². The lowest BCUT2D eigenvalue weighted by atomic mass is 10.1. The molecular formula is C23H24N2O3S. The Bertz CT molecular complexity index is 1080. The minimum Gasteiger partial charge on any atom is -0.493 e. The van der Waals surface area contributed by atoms with Crippen molar-refractivity contribution in [3.63, 3.8) is 0 Å². The van der Waals surface area contributed by atoms with Crippen LogP contribution < -0.4 is 19.5 Å². The van der Waals surface area contributed by atoms with Crippen molar-refractivity contribution in [3.05, 3.63) is 66.7 Å². The lowest BCUT2D eigenvalue weighted by molar-refractivity contribution is 0.295. The summed E-state index contributed by atoms with van der Waals surface area (Å²) in [4.78, 5) is 3.44. The Kier molecular flexibility index (Phi) is 6.44. The van der Waals surface area contributed by atoms with E-state index in [2.05, 4.69) is 34.6 Å². The average Bonchev–Trinajstić information content (AvgIpc) is 3.15. The van der Waals surface area contributed by atoms with E-state index in [-0.39, 0.29) is 0 Å². The number of para-hydroxylation sites is 3. The van der Waals surface area contributed by atoms with Crippen LogP contribution in [0.4, 0.5) is 0 Å². The highest BCUT2D eigenvalue weighted by molar-refractivity contribution is 7.99. The van der Waals surface area contributed by atoms with E-state index in [0.717, 1.165) is 46.1 Å². The lowest BCUT2D eigenvalue weighted by Crippen LogP contribution is -2.21. The molecular weight excluding hydrogens is 384 g/mol. The average molecular weight is 409 g/mol.